The van der Waals surface area contributed by atoms with Gasteiger partial charge in [0.2, 0.25) is 0 Å². The maximum atomic E-state index is 6.72. The Balaban J connectivity index is 1.39. The van der Waals surface area contributed by atoms with Crippen LogP contribution in [-0.4, -0.2) is 0 Å². The van der Waals surface area contributed by atoms with E-state index in [9.17, 15) is 0 Å². The van der Waals surface area contributed by atoms with Gasteiger partial charge in [0.25, 0.3) is 0 Å². The fourth-order valence-corrected chi connectivity index (χ4v) is 9.52. The first kappa shape index (κ1) is 28.3. The Kier molecular flexibility index (Phi) is 6.74. The van der Waals surface area contributed by atoms with Crippen molar-refractivity contribution in [2.75, 3.05) is 0 Å². The van der Waals surface area contributed by atoms with Crippen LogP contribution in [0.1, 0.15) is 82.4 Å². The Labute approximate surface area is 282 Å². The first-order valence-corrected chi connectivity index (χ1v) is 17.8. The fourth-order valence-electron chi connectivity index (χ4n) is 9.52. The van der Waals surface area contributed by atoms with Crippen molar-refractivity contribution in [1.29, 1.82) is 0 Å². The monoisotopic (exact) mass is 622 g/mol. The minimum absolute atomic E-state index is 0.338. The lowest BCUT2D eigenvalue weighted by molar-refractivity contribution is -0.359. The first-order chi connectivity index (χ1) is 23.9. The maximum Gasteiger partial charge on any atom is 0.145 e. The quantitative estimate of drug-likeness (QED) is 0.182. The summed E-state index contributed by atoms with van der Waals surface area (Å²) in [5.41, 5.74) is 21.9. The average Bonchev–Trinajstić information content (AvgIpc) is 3.17. The molecule has 2 heteroatoms. The molecule has 0 N–H and O–H groups in total. The van der Waals surface area contributed by atoms with E-state index in [-0.39, 0.29) is 12.2 Å². The number of hydrogen-bond donors (Lipinski definition) is 0. The molecule has 234 valence electrons. The van der Waals surface area contributed by atoms with Gasteiger partial charge >= 0.3 is 0 Å². The topological polar surface area (TPSA) is 18.5 Å². The molecule has 0 spiro atoms. The van der Waals surface area contributed by atoms with Crippen LogP contribution in [0.4, 0.5) is 0 Å². The number of fused-ring (bicyclic) bond motifs is 3. The summed E-state index contributed by atoms with van der Waals surface area (Å²) in [6, 6.07) is 44.5. The summed E-state index contributed by atoms with van der Waals surface area (Å²) in [5, 5.41) is 0. The zero-order valence-electron chi connectivity index (χ0n) is 27.2. The van der Waals surface area contributed by atoms with Crippen molar-refractivity contribution in [2.24, 2.45) is 0 Å². The van der Waals surface area contributed by atoms with Crippen LogP contribution in [0.2, 0.25) is 0 Å². The van der Waals surface area contributed by atoms with Gasteiger partial charge in [-0.25, -0.2) is 9.78 Å². The van der Waals surface area contributed by atoms with Gasteiger partial charge in [0.15, 0.2) is 0 Å². The van der Waals surface area contributed by atoms with Gasteiger partial charge in [-0.2, -0.15) is 0 Å². The van der Waals surface area contributed by atoms with Crippen LogP contribution in [0.5, 0.6) is 0 Å². The number of rotatable bonds is 4. The zero-order valence-corrected chi connectivity index (χ0v) is 27.2. The molecular formula is C46H38O2. The molecule has 0 saturated heterocycles. The van der Waals surface area contributed by atoms with Gasteiger partial charge in [-0.1, -0.05) is 121 Å². The Morgan fingerprint density at radius 2 is 0.542 bits per heavy atom. The Morgan fingerprint density at radius 1 is 0.312 bits per heavy atom. The lowest BCUT2D eigenvalue weighted by atomic mass is 9.65. The molecule has 0 saturated carbocycles. The van der Waals surface area contributed by atoms with Gasteiger partial charge < -0.3 is 0 Å². The molecule has 2 nitrogen and oxygen atoms in total. The molecule has 0 amide bonds. The van der Waals surface area contributed by atoms with Gasteiger partial charge in [-0.05, 0) is 118 Å². The summed E-state index contributed by atoms with van der Waals surface area (Å²) in [7, 11) is 0. The van der Waals surface area contributed by atoms with E-state index in [4.69, 9.17) is 9.78 Å². The van der Waals surface area contributed by atoms with Crippen LogP contribution in [0.25, 0.3) is 44.5 Å². The standard InChI is InChI=1S/C46H38O2/c1-5-17-29(18-6-1)37-33-25-13-14-26-34(33)38(30-19-7-2-8-20-30)42-41(37)45-43-39(31-21-9-3-10-22-31)35-27-15-16-28-36(35)40(32-23-11-4-12-24-32)44(43)46(42)48-47-45/h1-12,17-24,45-46H,13-16,25-28H2. The molecular weight excluding hydrogens is 585 g/mol. The van der Waals surface area contributed by atoms with Crippen LogP contribution in [0.15, 0.2) is 121 Å². The highest BCUT2D eigenvalue weighted by atomic mass is 17.2. The molecule has 0 unspecified atom stereocenters. The van der Waals surface area contributed by atoms with Crippen LogP contribution >= 0.6 is 0 Å². The van der Waals surface area contributed by atoms with Gasteiger partial charge in [0.05, 0.1) is 0 Å². The minimum Gasteiger partial charge on any atom is -0.223 e. The summed E-state index contributed by atoms with van der Waals surface area (Å²) in [6.07, 6.45) is 8.51. The second kappa shape index (κ2) is 11.4. The van der Waals surface area contributed by atoms with Crippen LogP contribution in [0.3, 0.4) is 0 Å². The van der Waals surface area contributed by atoms with E-state index in [0.717, 1.165) is 25.7 Å². The van der Waals surface area contributed by atoms with E-state index in [1.165, 1.54) is 115 Å². The molecule has 0 fully saturated rings. The zero-order chi connectivity index (χ0) is 31.6. The van der Waals surface area contributed by atoms with Crippen molar-refractivity contribution < 1.29 is 9.78 Å². The largest absolute Gasteiger partial charge is 0.223 e. The van der Waals surface area contributed by atoms with E-state index in [1.54, 1.807) is 0 Å². The van der Waals surface area contributed by atoms with E-state index < -0.39 is 0 Å². The SMILES string of the molecule is c1ccc(-c2c3c(c(-c4ccccc4)c4c2C2OOC4c4c(-c5ccccc5)c5c(c(-c6ccccc6)c42)CCCC5)CCCC3)cc1. The highest BCUT2D eigenvalue weighted by Gasteiger charge is 2.49. The second-order valence-electron chi connectivity index (χ2n) is 13.9. The normalized spacial score (nSPS) is 18.8. The first-order valence-electron chi connectivity index (χ1n) is 17.8. The summed E-state index contributed by atoms with van der Waals surface area (Å²) < 4.78 is 0. The summed E-state index contributed by atoms with van der Waals surface area (Å²) in [5.74, 6) is 0. The molecule has 2 heterocycles. The molecule has 2 bridgehead atoms. The number of benzene rings is 6. The molecule has 2 aliphatic heterocycles. The van der Waals surface area contributed by atoms with E-state index in [1.807, 2.05) is 0 Å². The molecule has 11 rings (SSSR count). The Hall–Kier alpha value is -4.76. The van der Waals surface area contributed by atoms with E-state index in [2.05, 4.69) is 121 Å². The smallest absolute Gasteiger partial charge is 0.145 e. The van der Waals surface area contributed by atoms with Crippen molar-refractivity contribution >= 4 is 0 Å². The van der Waals surface area contributed by atoms with Gasteiger partial charge in [0, 0.05) is 22.3 Å². The molecule has 0 radical (unpaired) electrons. The summed E-state index contributed by atoms with van der Waals surface area (Å²) in [4.78, 5) is 13.4. The highest BCUT2D eigenvalue weighted by molar-refractivity contribution is 5.92. The van der Waals surface area contributed by atoms with E-state index in [0.29, 0.717) is 0 Å². The van der Waals surface area contributed by atoms with Crippen molar-refractivity contribution in [1.82, 2.24) is 0 Å². The van der Waals surface area contributed by atoms with Gasteiger partial charge in [0.1, 0.15) is 12.2 Å². The molecule has 6 aromatic rings. The van der Waals surface area contributed by atoms with E-state index >= 15 is 0 Å². The third-order valence-corrected chi connectivity index (χ3v) is 11.3. The van der Waals surface area contributed by atoms with Crippen molar-refractivity contribution in [3.05, 3.63) is 166 Å². The third kappa shape index (κ3) is 4.19. The van der Waals surface area contributed by atoms with Crippen LogP contribution in [0, 0.1) is 0 Å². The predicted molar refractivity (Wildman–Crippen MR) is 194 cm³/mol. The van der Waals surface area contributed by atoms with Crippen molar-refractivity contribution in [3.63, 3.8) is 0 Å². The minimum atomic E-state index is -0.338. The van der Waals surface area contributed by atoms with Crippen molar-refractivity contribution in [2.45, 2.75) is 63.6 Å². The lowest BCUT2D eigenvalue weighted by Crippen LogP contribution is -2.33. The van der Waals surface area contributed by atoms with Crippen LogP contribution in [-0.2, 0) is 35.5 Å². The molecule has 6 aromatic carbocycles. The third-order valence-electron chi connectivity index (χ3n) is 11.3. The van der Waals surface area contributed by atoms with Crippen LogP contribution < -0.4 is 0 Å². The van der Waals surface area contributed by atoms with Gasteiger partial charge in [-0.15, -0.1) is 0 Å². The highest BCUT2D eigenvalue weighted by Crippen LogP contribution is 2.62. The molecule has 3 aliphatic carbocycles. The Morgan fingerprint density at radius 3 is 0.771 bits per heavy atom. The number of hydrogen-bond acceptors (Lipinski definition) is 2. The predicted octanol–water partition coefficient (Wildman–Crippen LogP) is 11.6. The van der Waals surface area contributed by atoms with Crippen molar-refractivity contribution in [3.8, 4) is 44.5 Å². The Bertz CT molecular complexity index is 1860. The second-order valence-corrected chi connectivity index (χ2v) is 13.9. The average molecular weight is 623 g/mol. The lowest BCUT2D eigenvalue weighted by Gasteiger charge is -2.46. The summed E-state index contributed by atoms with van der Waals surface area (Å²) >= 11 is 0. The summed E-state index contributed by atoms with van der Waals surface area (Å²) in [6.45, 7) is 0. The molecule has 0 aromatic heterocycles. The fraction of sp³-hybridized carbons (Fsp3) is 0.217. The molecule has 48 heavy (non-hydrogen) atoms. The molecule has 0 atom stereocenters. The van der Waals surface area contributed by atoms with Gasteiger partial charge in [-0.3, -0.25) is 0 Å². The molecule has 5 aliphatic rings. The maximum absolute atomic E-state index is 6.72.